The molecule has 4 N–H and O–H groups in total. The van der Waals surface area contributed by atoms with E-state index in [0.29, 0.717) is 17.8 Å². The molecule has 6 heteroatoms. The Morgan fingerprint density at radius 1 is 1.16 bits per heavy atom. The zero-order chi connectivity index (χ0) is 18.0. The Morgan fingerprint density at radius 2 is 1.84 bits per heavy atom. The average Bonchev–Trinajstić information content (AvgIpc) is 2.62. The van der Waals surface area contributed by atoms with Crippen molar-refractivity contribution in [1.82, 2.24) is 4.90 Å². The monoisotopic (exact) mass is 335 g/mol. The van der Waals surface area contributed by atoms with E-state index in [4.69, 9.17) is 16.7 Å². The van der Waals surface area contributed by atoms with Crippen LogP contribution in [-0.2, 0) is 4.79 Å². The second-order valence-electron chi connectivity index (χ2n) is 6.33. The highest BCUT2D eigenvalue weighted by Crippen LogP contribution is 2.27. The third-order valence-corrected chi connectivity index (χ3v) is 4.62. The molecule has 1 fully saturated rings. The van der Waals surface area contributed by atoms with E-state index in [9.17, 15) is 4.79 Å². The lowest BCUT2D eigenvalue weighted by molar-refractivity contribution is -0.120. The normalized spacial score (nSPS) is 17.9. The number of benzene rings is 2. The van der Waals surface area contributed by atoms with Gasteiger partial charge in [-0.05, 0) is 42.4 Å². The molecule has 1 aliphatic heterocycles. The Hall–Kier alpha value is -3.04. The predicted octanol–water partition coefficient (Wildman–Crippen LogP) is 1.41. The number of hydrogen-bond donors (Lipinski definition) is 2. The van der Waals surface area contributed by atoms with Crippen LogP contribution in [0, 0.1) is 11.3 Å². The Bertz CT molecular complexity index is 825. The molecule has 1 amide bonds. The number of nitriles is 1. The van der Waals surface area contributed by atoms with Gasteiger partial charge in [-0.1, -0.05) is 18.2 Å². The van der Waals surface area contributed by atoms with Crippen LogP contribution in [0.2, 0.25) is 0 Å². The summed E-state index contributed by atoms with van der Waals surface area (Å²) in [5, 5.41) is 9.12. The number of amides is 1. The van der Waals surface area contributed by atoms with Gasteiger partial charge < -0.3 is 21.3 Å². The summed E-state index contributed by atoms with van der Waals surface area (Å²) >= 11 is 0. The minimum absolute atomic E-state index is 0.312. The summed E-state index contributed by atoms with van der Waals surface area (Å²) in [6.07, 6.45) is 0. The van der Waals surface area contributed by atoms with Crippen LogP contribution in [0.5, 0.6) is 0 Å². The zero-order valence-corrected chi connectivity index (χ0v) is 14.1. The van der Waals surface area contributed by atoms with Gasteiger partial charge in [0, 0.05) is 31.0 Å². The fourth-order valence-corrected chi connectivity index (χ4v) is 3.15. The summed E-state index contributed by atoms with van der Waals surface area (Å²) < 4.78 is 0. The van der Waals surface area contributed by atoms with Crippen LogP contribution >= 0.6 is 0 Å². The molecule has 0 bridgehead atoms. The second kappa shape index (κ2) is 6.83. The number of likely N-dealkylation sites (N-methyl/N-ethyl adjacent to an activating group) is 1. The Morgan fingerprint density at radius 3 is 2.48 bits per heavy atom. The number of carbonyl (C=O) groups excluding carboxylic acids is 1. The molecule has 2 aromatic carbocycles. The van der Waals surface area contributed by atoms with Crippen LogP contribution in [0.1, 0.15) is 5.56 Å². The number of rotatable bonds is 3. The van der Waals surface area contributed by atoms with Gasteiger partial charge in [-0.2, -0.15) is 5.26 Å². The van der Waals surface area contributed by atoms with Gasteiger partial charge in [0.25, 0.3) is 0 Å². The van der Waals surface area contributed by atoms with Crippen molar-refractivity contribution in [3.63, 3.8) is 0 Å². The molecule has 1 aliphatic rings. The van der Waals surface area contributed by atoms with Crippen LogP contribution in [0.4, 0.5) is 11.4 Å². The number of nitrogens with zero attached hydrogens (tertiary/aromatic N) is 3. The van der Waals surface area contributed by atoms with Crippen LogP contribution in [0.3, 0.4) is 0 Å². The molecule has 0 saturated carbocycles. The molecule has 1 unspecified atom stereocenters. The van der Waals surface area contributed by atoms with Crippen LogP contribution in [0.15, 0.2) is 42.5 Å². The number of nitrogens with two attached hydrogens (primary N) is 2. The highest BCUT2D eigenvalue weighted by Gasteiger charge is 2.29. The van der Waals surface area contributed by atoms with E-state index >= 15 is 0 Å². The lowest BCUT2D eigenvalue weighted by Crippen LogP contribution is -2.57. The molecule has 1 atom stereocenters. The molecular formula is C19H21N5O. The molecule has 25 heavy (non-hydrogen) atoms. The standard InChI is InChI=1S/C19H21N5O/c1-23-8-9-24(18(12-23)19(22)25)16-5-2-13(3-6-16)14-4-7-17(21)15(10-14)11-20/h2-7,10,18H,8-9,12,21H2,1H3,(H2,22,25). The topological polar surface area (TPSA) is 99.4 Å². The minimum atomic E-state index is -0.327. The number of piperazine rings is 1. The summed E-state index contributed by atoms with van der Waals surface area (Å²) in [6.45, 7) is 2.26. The fourth-order valence-electron chi connectivity index (χ4n) is 3.15. The van der Waals surface area contributed by atoms with Gasteiger partial charge in [-0.25, -0.2) is 0 Å². The molecule has 0 spiro atoms. The van der Waals surface area contributed by atoms with Gasteiger partial charge in [-0.15, -0.1) is 0 Å². The number of anilines is 2. The molecule has 1 heterocycles. The van der Waals surface area contributed by atoms with Crippen molar-refractivity contribution in [1.29, 1.82) is 5.26 Å². The van der Waals surface area contributed by atoms with Gasteiger partial charge in [0.05, 0.1) is 5.56 Å². The van der Waals surface area contributed by atoms with Crippen LogP contribution in [-0.4, -0.2) is 43.5 Å². The summed E-state index contributed by atoms with van der Waals surface area (Å²) in [4.78, 5) is 15.9. The molecule has 0 aromatic heterocycles. The Balaban J connectivity index is 1.87. The molecule has 6 nitrogen and oxygen atoms in total. The molecule has 128 valence electrons. The SMILES string of the molecule is CN1CCN(c2ccc(-c3ccc(N)c(C#N)c3)cc2)C(C(N)=O)C1. The molecule has 3 rings (SSSR count). The highest BCUT2D eigenvalue weighted by molar-refractivity contribution is 5.84. The van der Waals surface area contributed by atoms with E-state index in [1.54, 1.807) is 12.1 Å². The third kappa shape index (κ3) is 3.42. The maximum absolute atomic E-state index is 11.8. The first-order valence-electron chi connectivity index (χ1n) is 8.14. The average molecular weight is 335 g/mol. The second-order valence-corrected chi connectivity index (χ2v) is 6.33. The zero-order valence-electron chi connectivity index (χ0n) is 14.1. The summed E-state index contributed by atoms with van der Waals surface area (Å²) in [5.41, 5.74) is 15.2. The maximum atomic E-state index is 11.8. The van der Waals surface area contributed by atoms with Crippen molar-refractivity contribution >= 4 is 17.3 Å². The molecular weight excluding hydrogens is 314 g/mol. The summed E-state index contributed by atoms with van der Waals surface area (Å²) in [5.74, 6) is -0.312. The maximum Gasteiger partial charge on any atom is 0.241 e. The van der Waals surface area contributed by atoms with Gasteiger partial charge in [0.2, 0.25) is 5.91 Å². The molecule has 1 saturated heterocycles. The quantitative estimate of drug-likeness (QED) is 0.826. The van der Waals surface area contributed by atoms with E-state index < -0.39 is 0 Å². The summed E-state index contributed by atoms with van der Waals surface area (Å²) in [6, 6.07) is 15.1. The molecule has 2 aromatic rings. The molecule has 0 aliphatic carbocycles. The summed E-state index contributed by atoms with van der Waals surface area (Å²) in [7, 11) is 1.99. The first-order valence-corrected chi connectivity index (χ1v) is 8.14. The van der Waals surface area contributed by atoms with E-state index in [2.05, 4.69) is 15.9 Å². The Kier molecular flexibility index (Phi) is 4.59. The predicted molar refractivity (Wildman–Crippen MR) is 98.8 cm³/mol. The van der Waals surface area contributed by atoms with Crippen molar-refractivity contribution in [2.45, 2.75) is 6.04 Å². The van der Waals surface area contributed by atoms with Crippen LogP contribution < -0.4 is 16.4 Å². The van der Waals surface area contributed by atoms with Gasteiger partial charge in [0.15, 0.2) is 0 Å². The van der Waals surface area contributed by atoms with Gasteiger partial charge in [-0.3, -0.25) is 4.79 Å². The lowest BCUT2D eigenvalue weighted by Gasteiger charge is -2.39. The largest absolute Gasteiger partial charge is 0.398 e. The van der Waals surface area contributed by atoms with Crippen molar-refractivity contribution in [3.8, 4) is 17.2 Å². The van der Waals surface area contributed by atoms with Gasteiger partial charge in [0.1, 0.15) is 12.1 Å². The van der Waals surface area contributed by atoms with Crippen molar-refractivity contribution in [3.05, 3.63) is 48.0 Å². The number of nitrogen functional groups attached to an aromatic ring is 1. The van der Waals surface area contributed by atoms with E-state index in [0.717, 1.165) is 29.9 Å². The van der Waals surface area contributed by atoms with Gasteiger partial charge >= 0.3 is 0 Å². The van der Waals surface area contributed by atoms with Crippen LogP contribution in [0.25, 0.3) is 11.1 Å². The van der Waals surface area contributed by atoms with Crippen molar-refractivity contribution in [2.24, 2.45) is 5.73 Å². The number of carbonyl (C=O) groups is 1. The highest BCUT2D eigenvalue weighted by atomic mass is 16.1. The number of primary amides is 1. The molecule has 0 radical (unpaired) electrons. The van der Waals surface area contributed by atoms with Crippen molar-refractivity contribution in [2.75, 3.05) is 37.3 Å². The van der Waals surface area contributed by atoms with E-state index in [1.165, 1.54) is 0 Å². The Labute approximate surface area is 147 Å². The fraction of sp³-hybridized carbons (Fsp3) is 0.263. The first-order chi connectivity index (χ1) is 12.0. The minimum Gasteiger partial charge on any atom is -0.398 e. The van der Waals surface area contributed by atoms with E-state index in [-0.39, 0.29) is 11.9 Å². The smallest absolute Gasteiger partial charge is 0.241 e. The third-order valence-electron chi connectivity index (χ3n) is 4.62. The number of hydrogen-bond acceptors (Lipinski definition) is 5. The lowest BCUT2D eigenvalue weighted by atomic mass is 10.0. The van der Waals surface area contributed by atoms with Crippen molar-refractivity contribution < 1.29 is 4.79 Å². The van der Waals surface area contributed by atoms with E-state index in [1.807, 2.05) is 37.4 Å². The first kappa shape index (κ1) is 16.8.